The van der Waals surface area contributed by atoms with E-state index in [1.807, 2.05) is 6.92 Å². The smallest absolute Gasteiger partial charge is 0.263 e. The minimum atomic E-state index is -3.59. The Balaban J connectivity index is 2.30. The average Bonchev–Trinajstić information content (AvgIpc) is 2.32. The molecule has 0 amide bonds. The van der Waals surface area contributed by atoms with Gasteiger partial charge < -0.3 is 0 Å². The Morgan fingerprint density at radius 1 is 1.22 bits per heavy atom. The predicted octanol–water partition coefficient (Wildman–Crippen LogP) is 2.95. The second kappa shape index (κ2) is 5.07. The van der Waals surface area contributed by atoms with Gasteiger partial charge in [0.2, 0.25) is 0 Å². The minimum absolute atomic E-state index is 0.194. The highest BCUT2D eigenvalue weighted by atomic mass is 79.9. The van der Waals surface area contributed by atoms with Crippen LogP contribution < -0.4 is 4.72 Å². The molecular formula is C12H11BrN2O2S. The van der Waals surface area contributed by atoms with E-state index in [0.717, 1.165) is 5.56 Å². The second-order valence-electron chi connectivity index (χ2n) is 3.78. The Morgan fingerprint density at radius 2 is 2.00 bits per heavy atom. The van der Waals surface area contributed by atoms with Gasteiger partial charge in [0.25, 0.3) is 10.0 Å². The number of hydrogen-bond acceptors (Lipinski definition) is 3. The Morgan fingerprint density at radius 3 is 2.61 bits per heavy atom. The normalized spacial score (nSPS) is 11.2. The quantitative estimate of drug-likeness (QED) is 0.943. The van der Waals surface area contributed by atoms with Crippen LogP contribution in [0.15, 0.2) is 52.0 Å². The fourth-order valence-corrected chi connectivity index (χ4v) is 2.96. The molecule has 2 aromatic rings. The molecule has 4 nitrogen and oxygen atoms in total. The lowest BCUT2D eigenvalue weighted by molar-refractivity contribution is 0.601. The molecule has 1 aromatic heterocycles. The first kappa shape index (κ1) is 13.0. The summed E-state index contributed by atoms with van der Waals surface area (Å²) in [6.45, 7) is 1.89. The van der Waals surface area contributed by atoms with Crippen molar-refractivity contribution in [2.75, 3.05) is 4.72 Å². The van der Waals surface area contributed by atoms with Gasteiger partial charge in [-0.2, -0.15) is 0 Å². The van der Waals surface area contributed by atoms with Crippen molar-refractivity contribution < 1.29 is 8.42 Å². The summed E-state index contributed by atoms with van der Waals surface area (Å²) in [5.41, 5.74) is 0.973. The fourth-order valence-electron chi connectivity index (χ4n) is 1.36. The summed E-state index contributed by atoms with van der Waals surface area (Å²) in [4.78, 5) is 4.20. The van der Waals surface area contributed by atoms with Gasteiger partial charge >= 0.3 is 0 Å². The zero-order valence-corrected chi connectivity index (χ0v) is 12.0. The molecule has 0 fully saturated rings. The summed E-state index contributed by atoms with van der Waals surface area (Å²) in [5, 5.41) is 0. The summed E-state index contributed by atoms with van der Waals surface area (Å²) in [7, 11) is -3.59. The van der Waals surface area contributed by atoms with E-state index < -0.39 is 10.0 Å². The maximum Gasteiger partial charge on any atom is 0.263 e. The lowest BCUT2D eigenvalue weighted by Crippen LogP contribution is -2.13. The lowest BCUT2D eigenvalue weighted by Gasteiger charge is -2.07. The molecule has 0 atom stereocenters. The summed E-state index contributed by atoms with van der Waals surface area (Å²) < 4.78 is 27.3. The van der Waals surface area contributed by atoms with Crippen LogP contribution in [0.2, 0.25) is 0 Å². The first-order valence-electron chi connectivity index (χ1n) is 5.18. The van der Waals surface area contributed by atoms with E-state index in [-0.39, 0.29) is 4.90 Å². The molecule has 0 aliphatic rings. The first-order chi connectivity index (χ1) is 8.47. The maximum absolute atomic E-state index is 12.1. The molecule has 1 aromatic carbocycles. The molecule has 0 saturated carbocycles. The number of nitrogens with zero attached hydrogens (tertiary/aromatic N) is 1. The number of rotatable bonds is 3. The largest absolute Gasteiger partial charge is 0.263 e. The molecule has 6 heteroatoms. The summed E-state index contributed by atoms with van der Waals surface area (Å²) in [5.74, 6) is 0.306. The van der Waals surface area contributed by atoms with E-state index in [1.165, 1.54) is 12.1 Å². The Kier molecular flexibility index (Phi) is 3.68. The monoisotopic (exact) mass is 326 g/mol. The van der Waals surface area contributed by atoms with Crippen LogP contribution in [-0.4, -0.2) is 13.4 Å². The van der Waals surface area contributed by atoms with Crippen molar-refractivity contribution in [1.29, 1.82) is 0 Å². The van der Waals surface area contributed by atoms with Gasteiger partial charge in [-0.1, -0.05) is 28.1 Å². The SMILES string of the molecule is Cc1ccc(NS(=O)(=O)c2cccc(Br)c2)nc1. The van der Waals surface area contributed by atoms with Crippen LogP contribution in [0.1, 0.15) is 5.56 Å². The van der Waals surface area contributed by atoms with E-state index in [1.54, 1.807) is 30.5 Å². The number of pyridine rings is 1. The van der Waals surface area contributed by atoms with Crippen molar-refractivity contribution >= 4 is 31.8 Å². The Bertz CT molecular complexity index is 654. The zero-order valence-electron chi connectivity index (χ0n) is 9.59. The van der Waals surface area contributed by atoms with Gasteiger partial charge in [0.15, 0.2) is 0 Å². The first-order valence-corrected chi connectivity index (χ1v) is 7.46. The molecule has 18 heavy (non-hydrogen) atoms. The molecule has 0 aliphatic heterocycles. The van der Waals surface area contributed by atoms with Crippen molar-refractivity contribution in [2.24, 2.45) is 0 Å². The van der Waals surface area contributed by atoms with Gasteiger partial charge in [-0.15, -0.1) is 0 Å². The van der Waals surface area contributed by atoms with Gasteiger partial charge in [-0.3, -0.25) is 4.72 Å². The third kappa shape index (κ3) is 3.08. The fraction of sp³-hybridized carbons (Fsp3) is 0.0833. The third-order valence-electron chi connectivity index (χ3n) is 2.26. The van der Waals surface area contributed by atoms with Crippen LogP contribution in [-0.2, 0) is 10.0 Å². The number of nitrogens with one attached hydrogen (secondary N) is 1. The van der Waals surface area contributed by atoms with Gasteiger partial charge in [0.05, 0.1) is 4.90 Å². The third-order valence-corrected chi connectivity index (χ3v) is 4.10. The molecule has 94 valence electrons. The van der Waals surface area contributed by atoms with Gasteiger partial charge in [0, 0.05) is 10.7 Å². The zero-order chi connectivity index (χ0) is 13.2. The van der Waals surface area contributed by atoms with E-state index in [9.17, 15) is 8.42 Å². The molecule has 0 unspecified atom stereocenters. The Labute approximate surface area is 114 Å². The highest BCUT2D eigenvalue weighted by Crippen LogP contribution is 2.18. The Hall–Kier alpha value is -1.40. The number of halogens is 1. The number of hydrogen-bond donors (Lipinski definition) is 1. The van der Waals surface area contributed by atoms with E-state index in [2.05, 4.69) is 25.6 Å². The number of aromatic nitrogens is 1. The van der Waals surface area contributed by atoms with Crippen molar-refractivity contribution in [2.45, 2.75) is 11.8 Å². The number of benzene rings is 1. The number of anilines is 1. The van der Waals surface area contributed by atoms with Crippen LogP contribution in [0, 0.1) is 6.92 Å². The standard InChI is InChI=1S/C12H11BrN2O2S/c1-9-5-6-12(14-8-9)15-18(16,17)11-4-2-3-10(13)7-11/h2-8H,1H3,(H,14,15). The van der Waals surface area contributed by atoms with Gasteiger partial charge in [-0.05, 0) is 36.8 Å². The molecule has 1 heterocycles. The van der Waals surface area contributed by atoms with Crippen molar-refractivity contribution in [3.63, 3.8) is 0 Å². The topological polar surface area (TPSA) is 59.1 Å². The average molecular weight is 327 g/mol. The molecule has 1 N–H and O–H groups in total. The van der Waals surface area contributed by atoms with Crippen molar-refractivity contribution in [3.8, 4) is 0 Å². The summed E-state index contributed by atoms with van der Waals surface area (Å²) in [6, 6.07) is 9.93. The van der Waals surface area contributed by atoms with Crippen molar-refractivity contribution in [1.82, 2.24) is 4.98 Å². The van der Waals surface area contributed by atoms with E-state index >= 15 is 0 Å². The van der Waals surface area contributed by atoms with Crippen LogP contribution in [0.4, 0.5) is 5.82 Å². The molecule has 0 radical (unpaired) electrons. The number of aryl methyl sites for hydroxylation is 1. The molecule has 0 saturated heterocycles. The highest BCUT2D eigenvalue weighted by molar-refractivity contribution is 9.10. The highest BCUT2D eigenvalue weighted by Gasteiger charge is 2.14. The number of sulfonamides is 1. The van der Waals surface area contributed by atoms with Crippen molar-refractivity contribution in [3.05, 3.63) is 52.6 Å². The van der Waals surface area contributed by atoms with Crippen LogP contribution >= 0.6 is 15.9 Å². The molecule has 0 bridgehead atoms. The van der Waals surface area contributed by atoms with Gasteiger partial charge in [0.1, 0.15) is 5.82 Å². The molecule has 0 spiro atoms. The minimum Gasteiger partial charge on any atom is -0.263 e. The van der Waals surface area contributed by atoms with E-state index in [4.69, 9.17) is 0 Å². The summed E-state index contributed by atoms with van der Waals surface area (Å²) >= 11 is 3.24. The second-order valence-corrected chi connectivity index (χ2v) is 6.38. The molecular weight excluding hydrogens is 316 g/mol. The molecule has 0 aliphatic carbocycles. The molecule has 2 rings (SSSR count). The summed E-state index contributed by atoms with van der Waals surface area (Å²) in [6.07, 6.45) is 1.61. The van der Waals surface area contributed by atoms with Crippen LogP contribution in [0.3, 0.4) is 0 Å². The van der Waals surface area contributed by atoms with Crippen LogP contribution in [0.5, 0.6) is 0 Å². The van der Waals surface area contributed by atoms with Gasteiger partial charge in [-0.25, -0.2) is 13.4 Å². The predicted molar refractivity (Wildman–Crippen MR) is 73.9 cm³/mol. The van der Waals surface area contributed by atoms with Crippen LogP contribution in [0.25, 0.3) is 0 Å². The lowest BCUT2D eigenvalue weighted by atomic mass is 10.3. The maximum atomic E-state index is 12.1. The van der Waals surface area contributed by atoms with E-state index in [0.29, 0.717) is 10.3 Å².